The lowest BCUT2D eigenvalue weighted by Gasteiger charge is -2.31. The molecule has 3 rings (SSSR count). The Morgan fingerprint density at radius 2 is 1.88 bits per heavy atom. The summed E-state index contributed by atoms with van der Waals surface area (Å²) in [5, 5.41) is 9.34. The Kier molecular flexibility index (Phi) is 5.43. The number of hydrogen-bond donors (Lipinski definition) is 1. The number of nitrogens with zero attached hydrogens (tertiary/aromatic N) is 5. The molecule has 0 radical (unpaired) electrons. The molecule has 1 N–H and O–H groups in total. The van der Waals surface area contributed by atoms with Gasteiger partial charge in [0.25, 0.3) is 24.1 Å². The van der Waals surface area contributed by atoms with Crippen molar-refractivity contribution in [2.75, 3.05) is 40.3 Å². The molecule has 0 spiro atoms. The highest BCUT2D eigenvalue weighted by molar-refractivity contribution is 6.21. The zero-order valence-electron chi connectivity index (χ0n) is 15.1. The van der Waals surface area contributed by atoms with Crippen LogP contribution in [-0.4, -0.2) is 94.9 Å². The van der Waals surface area contributed by atoms with Gasteiger partial charge in [-0.05, 0) is 10.6 Å². The van der Waals surface area contributed by atoms with Crippen molar-refractivity contribution in [1.82, 2.24) is 14.7 Å². The van der Waals surface area contributed by atoms with Gasteiger partial charge >= 0.3 is 6.03 Å². The minimum atomic E-state index is -0.560. The van der Waals surface area contributed by atoms with Crippen LogP contribution in [0.3, 0.4) is 0 Å². The Hall–Kier alpha value is -2.58. The van der Waals surface area contributed by atoms with Crippen molar-refractivity contribution in [2.24, 2.45) is 4.99 Å². The average molecular weight is 358 g/mol. The highest BCUT2D eigenvalue weighted by Crippen LogP contribution is 2.16. The number of aliphatic imine (C=N–C) groups is 1. The molecule has 8 heteroatoms. The number of aliphatic hydroxyl groups excluding tert-OH is 1. The van der Waals surface area contributed by atoms with Crippen LogP contribution in [0, 0.1) is 0 Å². The van der Waals surface area contributed by atoms with Crippen LogP contribution in [0.2, 0.25) is 0 Å². The predicted molar refractivity (Wildman–Crippen MR) is 97.1 cm³/mol. The molecule has 2 aliphatic rings. The fraction of sp³-hybridized carbons (Fsp3) is 0.444. The van der Waals surface area contributed by atoms with E-state index in [1.807, 2.05) is 34.9 Å². The minimum absolute atomic E-state index is 0.0701. The number of aliphatic hydroxyl groups is 1. The molecule has 1 saturated heterocycles. The second-order valence-corrected chi connectivity index (χ2v) is 6.47. The standard InChI is InChI=1S/C18H24N5O3/c1-20-16-15(17(25)21(2)18(20)26)23(13-19-16)9-8-22(10-11-24)12-14-6-4-3-5-7-14/h3-7,13,15,24H,8-12H2,1-2H3/q+1. The third kappa shape index (κ3) is 3.51. The van der Waals surface area contributed by atoms with Gasteiger partial charge in [-0.15, -0.1) is 0 Å². The number of hydrogen-bond acceptors (Lipinski definition) is 5. The Labute approximate surface area is 152 Å². The molecule has 138 valence electrons. The van der Waals surface area contributed by atoms with Crippen LogP contribution in [0.25, 0.3) is 0 Å². The van der Waals surface area contributed by atoms with E-state index in [9.17, 15) is 14.7 Å². The largest absolute Gasteiger partial charge is 0.395 e. The second-order valence-electron chi connectivity index (χ2n) is 6.47. The highest BCUT2D eigenvalue weighted by Gasteiger charge is 2.50. The number of amides is 3. The number of imide groups is 1. The van der Waals surface area contributed by atoms with E-state index in [2.05, 4.69) is 9.89 Å². The number of fused-ring (bicyclic) bond motifs is 1. The van der Waals surface area contributed by atoms with E-state index in [-0.39, 0.29) is 18.5 Å². The maximum atomic E-state index is 12.5. The molecule has 1 fully saturated rings. The fourth-order valence-electron chi connectivity index (χ4n) is 3.24. The highest BCUT2D eigenvalue weighted by atomic mass is 16.3. The van der Waals surface area contributed by atoms with Gasteiger partial charge < -0.3 is 5.11 Å². The van der Waals surface area contributed by atoms with E-state index in [4.69, 9.17) is 0 Å². The summed E-state index contributed by atoms with van der Waals surface area (Å²) in [6.07, 6.45) is 1.63. The molecule has 1 unspecified atom stereocenters. The van der Waals surface area contributed by atoms with Gasteiger partial charge in [0.05, 0.1) is 13.2 Å². The number of carbonyl (C=O) groups excluding carboxylic acids is 2. The van der Waals surface area contributed by atoms with E-state index in [1.165, 1.54) is 17.5 Å². The molecule has 8 nitrogen and oxygen atoms in total. The molecule has 0 aliphatic carbocycles. The summed E-state index contributed by atoms with van der Waals surface area (Å²) in [5.41, 5.74) is 1.17. The number of urea groups is 1. The van der Waals surface area contributed by atoms with E-state index >= 15 is 0 Å². The van der Waals surface area contributed by atoms with Crippen LogP contribution in [-0.2, 0) is 11.3 Å². The van der Waals surface area contributed by atoms with Crippen LogP contribution in [0.4, 0.5) is 4.79 Å². The monoisotopic (exact) mass is 358 g/mol. The van der Waals surface area contributed by atoms with Gasteiger partial charge in [0, 0.05) is 33.7 Å². The predicted octanol–water partition coefficient (Wildman–Crippen LogP) is -0.174. The summed E-state index contributed by atoms with van der Waals surface area (Å²) < 4.78 is 1.85. The molecule has 0 aromatic heterocycles. The van der Waals surface area contributed by atoms with Crippen LogP contribution < -0.4 is 0 Å². The Morgan fingerprint density at radius 3 is 2.58 bits per heavy atom. The van der Waals surface area contributed by atoms with E-state index in [0.717, 1.165) is 11.4 Å². The summed E-state index contributed by atoms with van der Waals surface area (Å²) >= 11 is 0. The van der Waals surface area contributed by atoms with Crippen LogP contribution >= 0.6 is 0 Å². The number of amidine groups is 1. The fourth-order valence-corrected chi connectivity index (χ4v) is 3.24. The smallest absolute Gasteiger partial charge is 0.333 e. The summed E-state index contributed by atoms with van der Waals surface area (Å²) in [4.78, 5) is 33.5. The van der Waals surface area contributed by atoms with Gasteiger partial charge in [0.15, 0.2) is 0 Å². The van der Waals surface area contributed by atoms with Gasteiger partial charge in [-0.3, -0.25) is 19.5 Å². The van der Waals surface area contributed by atoms with E-state index in [1.54, 1.807) is 13.4 Å². The maximum Gasteiger partial charge on any atom is 0.333 e. The maximum absolute atomic E-state index is 12.5. The number of rotatable bonds is 7. The number of likely N-dealkylation sites (N-methyl/N-ethyl adjacent to an activating group) is 2. The first-order valence-electron chi connectivity index (χ1n) is 8.62. The van der Waals surface area contributed by atoms with Gasteiger partial charge in [0.1, 0.15) is 0 Å². The van der Waals surface area contributed by atoms with Crippen molar-refractivity contribution in [3.8, 4) is 0 Å². The topological polar surface area (TPSA) is 79.5 Å². The molecular formula is C18H24N5O3+. The van der Waals surface area contributed by atoms with Gasteiger partial charge in [-0.25, -0.2) is 9.37 Å². The summed E-state index contributed by atoms with van der Waals surface area (Å²) in [5.74, 6) is 0.201. The van der Waals surface area contributed by atoms with Crippen molar-refractivity contribution in [3.05, 3.63) is 35.9 Å². The van der Waals surface area contributed by atoms with Crippen LogP contribution in [0.1, 0.15) is 5.56 Å². The average Bonchev–Trinajstić information content (AvgIpc) is 3.08. The molecule has 1 atom stereocenters. The molecule has 1 aromatic carbocycles. The lowest BCUT2D eigenvalue weighted by molar-refractivity contribution is -0.531. The number of benzene rings is 1. The third-order valence-corrected chi connectivity index (χ3v) is 4.74. The van der Waals surface area contributed by atoms with Crippen molar-refractivity contribution in [2.45, 2.75) is 12.6 Å². The quantitative estimate of drug-likeness (QED) is 0.686. The van der Waals surface area contributed by atoms with E-state index < -0.39 is 6.04 Å². The normalized spacial score (nSPS) is 19.8. The van der Waals surface area contributed by atoms with Crippen molar-refractivity contribution in [1.29, 1.82) is 0 Å². The van der Waals surface area contributed by atoms with E-state index in [0.29, 0.717) is 25.5 Å². The zero-order valence-corrected chi connectivity index (χ0v) is 15.1. The Balaban J connectivity index is 1.65. The molecule has 0 saturated carbocycles. The number of carbonyl (C=O) groups is 2. The lowest BCUT2D eigenvalue weighted by Crippen LogP contribution is -2.61. The molecule has 1 aromatic rings. The molecule has 0 bridgehead atoms. The lowest BCUT2D eigenvalue weighted by atomic mass is 10.1. The first-order valence-corrected chi connectivity index (χ1v) is 8.62. The van der Waals surface area contributed by atoms with Gasteiger partial charge in [-0.1, -0.05) is 30.3 Å². The second kappa shape index (κ2) is 7.76. The van der Waals surface area contributed by atoms with Crippen LogP contribution in [0.15, 0.2) is 35.3 Å². The minimum Gasteiger partial charge on any atom is -0.395 e. The zero-order chi connectivity index (χ0) is 18.7. The van der Waals surface area contributed by atoms with Crippen LogP contribution in [0.5, 0.6) is 0 Å². The first kappa shape index (κ1) is 18.2. The molecule has 26 heavy (non-hydrogen) atoms. The Morgan fingerprint density at radius 1 is 1.15 bits per heavy atom. The Bertz CT molecular complexity index is 746. The summed E-state index contributed by atoms with van der Waals surface area (Å²) in [6.45, 7) is 2.58. The SMILES string of the molecule is CN1C(=O)C2C(=NC=[N+]2CCN(CCO)Cc2ccccc2)N(C)C1=O. The third-order valence-electron chi connectivity index (χ3n) is 4.74. The summed E-state index contributed by atoms with van der Waals surface area (Å²) in [6, 6.07) is 9.12. The molecule has 2 aliphatic heterocycles. The van der Waals surface area contributed by atoms with Crippen molar-refractivity contribution in [3.63, 3.8) is 0 Å². The molecular weight excluding hydrogens is 334 g/mol. The molecule has 3 amide bonds. The van der Waals surface area contributed by atoms with Crippen molar-refractivity contribution < 1.29 is 19.3 Å². The summed E-state index contributed by atoms with van der Waals surface area (Å²) in [7, 11) is 3.11. The molecule has 2 heterocycles. The van der Waals surface area contributed by atoms with Crippen molar-refractivity contribution >= 4 is 24.1 Å². The van der Waals surface area contributed by atoms with Gasteiger partial charge in [0.2, 0.25) is 0 Å². The van der Waals surface area contributed by atoms with Gasteiger partial charge in [-0.2, -0.15) is 0 Å². The first-order chi connectivity index (χ1) is 12.5.